The van der Waals surface area contributed by atoms with Gasteiger partial charge in [0, 0.05) is 17.5 Å². The molecule has 0 bridgehead atoms. The lowest BCUT2D eigenvalue weighted by molar-refractivity contribution is -0.141. The third kappa shape index (κ3) is 6.27. The molecule has 0 unspecified atom stereocenters. The average Bonchev–Trinajstić information content (AvgIpc) is 3.34. The first-order chi connectivity index (χ1) is 16.9. The van der Waals surface area contributed by atoms with E-state index in [4.69, 9.17) is 27.9 Å². The van der Waals surface area contributed by atoms with E-state index in [0.29, 0.717) is 28.3 Å². The van der Waals surface area contributed by atoms with Gasteiger partial charge in [0.25, 0.3) is 0 Å². The Kier molecular flexibility index (Phi) is 8.47. The molecule has 0 aliphatic heterocycles. The van der Waals surface area contributed by atoms with Crippen LogP contribution in [0.1, 0.15) is 52.7 Å². The highest BCUT2D eigenvalue weighted by Crippen LogP contribution is 2.38. The number of carbonyl (C=O) groups excluding carboxylic acids is 3. The molecule has 0 radical (unpaired) electrons. The van der Waals surface area contributed by atoms with Crippen LogP contribution in [-0.2, 0) is 24.5 Å². The molecule has 2 aromatic heterocycles. The minimum Gasteiger partial charge on any atom is -0.469 e. The Hall–Kier alpha value is -3.31. The first-order valence-electron chi connectivity index (χ1n) is 11.2. The quantitative estimate of drug-likeness (QED) is 0.335. The summed E-state index contributed by atoms with van der Waals surface area (Å²) in [5.41, 5.74) is 1.72. The van der Waals surface area contributed by atoms with Gasteiger partial charge in [-0.1, -0.05) is 50.9 Å². The fraction of sp³-hybridized carbons (Fsp3) is 0.435. The SMILES string of the molecule is CCCOC(=O)Nc1cc(NC(=O)CCC(=O)OC)cc(Cl)c1-c1nc2c(Cl)c(C(C)(C)C)[nH]n2n1. The van der Waals surface area contributed by atoms with Crippen LogP contribution in [0.5, 0.6) is 0 Å². The monoisotopic (exact) mass is 538 g/mol. The van der Waals surface area contributed by atoms with Crippen molar-refractivity contribution < 1.29 is 23.9 Å². The lowest BCUT2D eigenvalue weighted by atomic mass is 9.92. The standard InChI is InChI=1S/C23H28Cl2N6O5/c1-6-9-36-22(34)27-14-11-12(26-15(32)7-8-16(33)35-5)10-13(24)17(14)20-28-21-18(25)19(23(2,3)4)29-31(21)30-20/h10-11,29H,6-9H2,1-5H3,(H,26,32)(H,27,34). The minimum absolute atomic E-state index is 0.0788. The number of aromatic nitrogens is 4. The van der Waals surface area contributed by atoms with Crippen LogP contribution in [0.2, 0.25) is 10.0 Å². The Morgan fingerprint density at radius 1 is 1.14 bits per heavy atom. The van der Waals surface area contributed by atoms with Crippen LogP contribution in [0.25, 0.3) is 17.0 Å². The number of anilines is 2. The maximum Gasteiger partial charge on any atom is 0.411 e. The van der Waals surface area contributed by atoms with Gasteiger partial charge in [-0.25, -0.2) is 9.78 Å². The zero-order valence-corrected chi connectivity index (χ0v) is 22.1. The van der Waals surface area contributed by atoms with E-state index in [1.54, 1.807) is 0 Å². The van der Waals surface area contributed by atoms with E-state index in [1.165, 1.54) is 23.9 Å². The van der Waals surface area contributed by atoms with E-state index < -0.39 is 18.0 Å². The summed E-state index contributed by atoms with van der Waals surface area (Å²) >= 11 is 13.1. The number of carbonyl (C=O) groups is 3. The van der Waals surface area contributed by atoms with Crippen molar-refractivity contribution >= 4 is 58.2 Å². The van der Waals surface area contributed by atoms with Gasteiger partial charge in [-0.05, 0) is 18.6 Å². The molecule has 0 saturated carbocycles. The molecule has 1 aromatic carbocycles. The zero-order chi connectivity index (χ0) is 26.6. The van der Waals surface area contributed by atoms with Gasteiger partial charge in [0.2, 0.25) is 5.91 Å². The molecule has 3 rings (SSSR count). The van der Waals surface area contributed by atoms with Crippen molar-refractivity contribution in [2.75, 3.05) is 24.4 Å². The van der Waals surface area contributed by atoms with Crippen LogP contribution in [0.15, 0.2) is 12.1 Å². The highest BCUT2D eigenvalue weighted by Gasteiger charge is 2.26. The Balaban J connectivity index is 1.99. The topological polar surface area (TPSA) is 140 Å². The van der Waals surface area contributed by atoms with Crippen molar-refractivity contribution in [1.82, 2.24) is 19.8 Å². The van der Waals surface area contributed by atoms with E-state index in [1.807, 2.05) is 27.7 Å². The summed E-state index contributed by atoms with van der Waals surface area (Å²) in [6.45, 7) is 8.10. The van der Waals surface area contributed by atoms with Crippen molar-refractivity contribution in [3.8, 4) is 11.4 Å². The molecule has 0 aliphatic rings. The van der Waals surface area contributed by atoms with Crippen molar-refractivity contribution in [1.29, 1.82) is 0 Å². The maximum absolute atomic E-state index is 12.4. The molecular formula is C23H28Cl2N6O5. The molecule has 194 valence electrons. The van der Waals surface area contributed by atoms with E-state index in [0.717, 1.165) is 5.69 Å². The van der Waals surface area contributed by atoms with Gasteiger partial charge in [0.05, 0.1) is 42.1 Å². The van der Waals surface area contributed by atoms with Gasteiger partial charge >= 0.3 is 12.1 Å². The Labute approximate surface area is 217 Å². The number of methoxy groups -OCH3 is 1. The molecule has 2 heterocycles. The normalized spacial score (nSPS) is 11.4. The molecule has 0 saturated heterocycles. The maximum atomic E-state index is 12.4. The number of halogens is 2. The first-order valence-corrected chi connectivity index (χ1v) is 12.0. The largest absolute Gasteiger partial charge is 0.469 e. The summed E-state index contributed by atoms with van der Waals surface area (Å²) in [6.07, 6.45) is -0.236. The second-order valence-corrected chi connectivity index (χ2v) is 9.77. The van der Waals surface area contributed by atoms with Crippen LogP contribution >= 0.6 is 23.2 Å². The molecular weight excluding hydrogens is 511 g/mol. The van der Waals surface area contributed by atoms with Crippen LogP contribution in [0.3, 0.4) is 0 Å². The Bertz CT molecular complexity index is 1290. The van der Waals surface area contributed by atoms with E-state index in [-0.39, 0.29) is 41.4 Å². The molecule has 0 atom stereocenters. The molecule has 3 N–H and O–H groups in total. The number of nitrogens with one attached hydrogen (secondary N) is 3. The lowest BCUT2D eigenvalue weighted by Crippen LogP contribution is -2.17. The summed E-state index contributed by atoms with van der Waals surface area (Å²) < 4.78 is 11.1. The highest BCUT2D eigenvalue weighted by atomic mass is 35.5. The average molecular weight is 539 g/mol. The summed E-state index contributed by atoms with van der Waals surface area (Å²) in [5, 5.41) is 13.5. The van der Waals surface area contributed by atoms with Crippen LogP contribution in [0.4, 0.5) is 16.2 Å². The Morgan fingerprint density at radius 3 is 2.47 bits per heavy atom. The number of fused-ring (bicyclic) bond motifs is 1. The van der Waals surface area contributed by atoms with Crippen molar-refractivity contribution in [3.63, 3.8) is 0 Å². The minimum atomic E-state index is -0.707. The molecule has 36 heavy (non-hydrogen) atoms. The van der Waals surface area contributed by atoms with Crippen LogP contribution in [0, 0.1) is 0 Å². The Morgan fingerprint density at radius 2 is 1.86 bits per heavy atom. The van der Waals surface area contributed by atoms with Gasteiger partial charge in [-0.2, -0.15) is 4.63 Å². The summed E-state index contributed by atoms with van der Waals surface area (Å²) in [5.74, 6) is -0.740. The smallest absolute Gasteiger partial charge is 0.411 e. The third-order valence-corrected chi connectivity index (χ3v) is 5.70. The van der Waals surface area contributed by atoms with Gasteiger partial charge in [0.15, 0.2) is 11.5 Å². The van der Waals surface area contributed by atoms with Crippen molar-refractivity contribution in [2.24, 2.45) is 0 Å². The van der Waals surface area contributed by atoms with Gasteiger partial charge < -0.3 is 14.8 Å². The fourth-order valence-electron chi connectivity index (χ4n) is 3.29. The van der Waals surface area contributed by atoms with Gasteiger partial charge in [-0.3, -0.25) is 20.0 Å². The number of benzene rings is 1. The van der Waals surface area contributed by atoms with Crippen molar-refractivity contribution in [2.45, 2.75) is 52.4 Å². The number of hydrogen-bond donors (Lipinski definition) is 3. The number of aromatic amines is 1. The predicted molar refractivity (Wildman–Crippen MR) is 137 cm³/mol. The summed E-state index contributed by atoms with van der Waals surface area (Å²) in [4.78, 5) is 40.5. The number of rotatable bonds is 8. The number of ether oxygens (including phenoxy) is 2. The highest BCUT2D eigenvalue weighted by molar-refractivity contribution is 6.35. The number of nitrogens with zero attached hydrogens (tertiary/aromatic N) is 3. The van der Waals surface area contributed by atoms with E-state index in [9.17, 15) is 14.4 Å². The molecule has 2 amide bonds. The molecule has 0 fully saturated rings. The van der Waals surface area contributed by atoms with Crippen LogP contribution in [-0.4, -0.2) is 51.5 Å². The lowest BCUT2D eigenvalue weighted by Gasteiger charge is -2.16. The van der Waals surface area contributed by atoms with Crippen LogP contribution < -0.4 is 10.6 Å². The molecule has 0 spiro atoms. The van der Waals surface area contributed by atoms with E-state index in [2.05, 4.69) is 30.6 Å². The van der Waals surface area contributed by atoms with E-state index >= 15 is 0 Å². The number of amides is 2. The molecule has 0 aliphatic carbocycles. The molecule has 3 aromatic rings. The van der Waals surface area contributed by atoms with Gasteiger partial charge in [0.1, 0.15) is 5.02 Å². The number of H-pyrrole nitrogens is 1. The van der Waals surface area contributed by atoms with Gasteiger partial charge in [-0.15, -0.1) is 5.10 Å². The first kappa shape index (κ1) is 27.3. The molecule has 13 heteroatoms. The summed E-state index contributed by atoms with van der Waals surface area (Å²) in [7, 11) is 1.25. The second kappa shape index (κ2) is 11.2. The summed E-state index contributed by atoms with van der Waals surface area (Å²) in [6, 6.07) is 3.00. The number of esters is 1. The predicted octanol–water partition coefficient (Wildman–Crippen LogP) is 5.18. The van der Waals surface area contributed by atoms with Crippen molar-refractivity contribution in [3.05, 3.63) is 27.9 Å². The fourth-order valence-corrected chi connectivity index (χ4v) is 4.04. The molecule has 11 nitrogen and oxygen atoms in total. The third-order valence-electron chi connectivity index (χ3n) is 5.05. The second-order valence-electron chi connectivity index (χ2n) is 8.99. The number of hydrogen-bond acceptors (Lipinski definition) is 7. The zero-order valence-electron chi connectivity index (χ0n) is 20.6.